The number of aromatic nitrogens is 1. The van der Waals surface area contributed by atoms with Gasteiger partial charge in [0.1, 0.15) is 11.6 Å². The van der Waals surface area contributed by atoms with Crippen LogP contribution in [0, 0.1) is 0 Å². The number of anilines is 1. The summed E-state index contributed by atoms with van der Waals surface area (Å²) in [6.07, 6.45) is 2.36. The minimum Gasteiger partial charge on any atom is -0.497 e. The maximum absolute atomic E-state index is 12.1. The molecule has 2 aromatic rings. The predicted octanol–water partition coefficient (Wildman–Crippen LogP) is 1.92. The van der Waals surface area contributed by atoms with Gasteiger partial charge in [-0.25, -0.2) is 4.98 Å². The number of nitrogens with one attached hydrogen (secondary N) is 1. The third-order valence-corrected chi connectivity index (χ3v) is 4.65. The highest BCUT2D eigenvalue weighted by Gasteiger charge is 2.18. The Bertz CT molecular complexity index is 683. The summed E-state index contributed by atoms with van der Waals surface area (Å²) in [7, 11) is 1.65. The first-order valence-corrected chi connectivity index (χ1v) is 9.02. The van der Waals surface area contributed by atoms with E-state index in [1.807, 2.05) is 48.7 Å². The van der Waals surface area contributed by atoms with Crippen molar-refractivity contribution in [1.82, 2.24) is 15.2 Å². The molecule has 0 aliphatic carbocycles. The Morgan fingerprint density at radius 3 is 2.54 bits per heavy atom. The second-order valence-corrected chi connectivity index (χ2v) is 6.39. The molecule has 0 radical (unpaired) electrons. The van der Waals surface area contributed by atoms with Crippen molar-refractivity contribution in [1.29, 1.82) is 0 Å². The van der Waals surface area contributed by atoms with Gasteiger partial charge in [-0.1, -0.05) is 18.2 Å². The van der Waals surface area contributed by atoms with Gasteiger partial charge in [0.2, 0.25) is 5.91 Å². The van der Waals surface area contributed by atoms with Crippen molar-refractivity contribution in [2.24, 2.45) is 0 Å². The SMILES string of the molecule is COc1ccc(CNC(=O)CCN2CCN(c3ccccn3)CC2)cc1. The number of amides is 1. The summed E-state index contributed by atoms with van der Waals surface area (Å²) in [6.45, 7) is 5.17. The second kappa shape index (κ2) is 9.20. The number of methoxy groups -OCH3 is 1. The summed E-state index contributed by atoms with van der Waals surface area (Å²) in [4.78, 5) is 21.1. The maximum atomic E-state index is 12.1. The van der Waals surface area contributed by atoms with E-state index in [4.69, 9.17) is 4.74 Å². The van der Waals surface area contributed by atoms with Crippen LogP contribution in [0.5, 0.6) is 5.75 Å². The van der Waals surface area contributed by atoms with Crippen molar-refractivity contribution in [2.45, 2.75) is 13.0 Å². The summed E-state index contributed by atoms with van der Waals surface area (Å²) in [6, 6.07) is 13.7. The molecule has 6 heteroatoms. The summed E-state index contributed by atoms with van der Waals surface area (Å²) >= 11 is 0. The fourth-order valence-electron chi connectivity index (χ4n) is 3.03. The first-order valence-electron chi connectivity index (χ1n) is 9.02. The van der Waals surface area contributed by atoms with Crippen LogP contribution in [0.15, 0.2) is 48.7 Å². The van der Waals surface area contributed by atoms with Gasteiger partial charge in [0.15, 0.2) is 0 Å². The van der Waals surface area contributed by atoms with Gasteiger partial charge in [0, 0.05) is 51.9 Å². The molecule has 0 unspecified atom stereocenters. The van der Waals surface area contributed by atoms with Crippen molar-refractivity contribution < 1.29 is 9.53 Å². The van der Waals surface area contributed by atoms with Crippen LogP contribution in [0.25, 0.3) is 0 Å². The highest BCUT2D eigenvalue weighted by molar-refractivity contribution is 5.76. The minimum absolute atomic E-state index is 0.0907. The third kappa shape index (κ3) is 5.20. The minimum atomic E-state index is 0.0907. The van der Waals surface area contributed by atoms with E-state index in [9.17, 15) is 4.79 Å². The molecule has 1 saturated heterocycles. The molecule has 6 nitrogen and oxygen atoms in total. The molecule has 1 aliphatic rings. The first kappa shape index (κ1) is 18.2. The van der Waals surface area contributed by atoms with Gasteiger partial charge in [-0.15, -0.1) is 0 Å². The van der Waals surface area contributed by atoms with Gasteiger partial charge in [-0.2, -0.15) is 0 Å². The zero-order valence-electron chi connectivity index (χ0n) is 15.2. The zero-order chi connectivity index (χ0) is 18.2. The fraction of sp³-hybridized carbons (Fsp3) is 0.400. The summed E-state index contributed by atoms with van der Waals surface area (Å²) in [5.41, 5.74) is 1.07. The number of pyridine rings is 1. The molecule has 138 valence electrons. The predicted molar refractivity (Wildman–Crippen MR) is 102 cm³/mol. The lowest BCUT2D eigenvalue weighted by Crippen LogP contribution is -2.47. The summed E-state index contributed by atoms with van der Waals surface area (Å²) in [5, 5.41) is 2.98. The Labute approximate surface area is 154 Å². The van der Waals surface area contributed by atoms with E-state index < -0.39 is 0 Å². The van der Waals surface area contributed by atoms with Gasteiger partial charge in [-0.05, 0) is 29.8 Å². The molecule has 0 saturated carbocycles. The Morgan fingerprint density at radius 1 is 1.12 bits per heavy atom. The molecule has 0 spiro atoms. The maximum Gasteiger partial charge on any atom is 0.221 e. The zero-order valence-corrected chi connectivity index (χ0v) is 15.2. The molecule has 2 heterocycles. The van der Waals surface area contributed by atoms with E-state index >= 15 is 0 Å². The number of carbonyl (C=O) groups is 1. The van der Waals surface area contributed by atoms with E-state index in [0.29, 0.717) is 13.0 Å². The normalized spacial score (nSPS) is 14.9. The molecule has 1 amide bonds. The van der Waals surface area contributed by atoms with Gasteiger partial charge in [-0.3, -0.25) is 9.69 Å². The average Bonchev–Trinajstić information content (AvgIpc) is 2.72. The van der Waals surface area contributed by atoms with Crippen molar-refractivity contribution in [2.75, 3.05) is 44.7 Å². The lowest BCUT2D eigenvalue weighted by Gasteiger charge is -2.35. The number of rotatable bonds is 7. The number of nitrogens with zero attached hydrogens (tertiary/aromatic N) is 3. The van der Waals surface area contributed by atoms with Gasteiger partial charge in [0.25, 0.3) is 0 Å². The Balaban J connectivity index is 1.34. The number of carbonyl (C=O) groups excluding carboxylic acids is 1. The molecule has 1 aliphatic heterocycles. The molecule has 0 bridgehead atoms. The molecule has 1 N–H and O–H groups in total. The van der Waals surface area contributed by atoms with Crippen LogP contribution in [0.4, 0.5) is 5.82 Å². The fourth-order valence-corrected chi connectivity index (χ4v) is 3.03. The van der Waals surface area contributed by atoms with Crippen LogP contribution >= 0.6 is 0 Å². The number of hydrogen-bond donors (Lipinski definition) is 1. The number of benzene rings is 1. The highest BCUT2D eigenvalue weighted by Crippen LogP contribution is 2.13. The Hall–Kier alpha value is -2.60. The van der Waals surface area contributed by atoms with E-state index in [2.05, 4.69) is 20.1 Å². The van der Waals surface area contributed by atoms with Crippen LogP contribution in [0.2, 0.25) is 0 Å². The van der Waals surface area contributed by atoms with Crippen LogP contribution in [0.3, 0.4) is 0 Å². The van der Waals surface area contributed by atoms with Gasteiger partial charge < -0.3 is 15.0 Å². The van der Waals surface area contributed by atoms with Gasteiger partial charge in [0.05, 0.1) is 7.11 Å². The molecule has 3 rings (SSSR count). The molecular formula is C20H26N4O2. The largest absolute Gasteiger partial charge is 0.497 e. The quantitative estimate of drug-likeness (QED) is 0.823. The summed E-state index contributed by atoms with van der Waals surface area (Å²) in [5.74, 6) is 1.95. The highest BCUT2D eigenvalue weighted by atomic mass is 16.5. The van der Waals surface area contributed by atoms with Gasteiger partial charge >= 0.3 is 0 Å². The lowest BCUT2D eigenvalue weighted by atomic mass is 10.2. The number of hydrogen-bond acceptors (Lipinski definition) is 5. The van der Waals surface area contributed by atoms with Crippen molar-refractivity contribution in [3.8, 4) is 5.75 Å². The second-order valence-electron chi connectivity index (χ2n) is 6.39. The molecule has 1 aromatic heterocycles. The Kier molecular flexibility index (Phi) is 6.44. The van der Waals surface area contributed by atoms with Crippen LogP contribution in [-0.2, 0) is 11.3 Å². The molecule has 1 fully saturated rings. The van der Waals surface area contributed by atoms with E-state index in [1.165, 1.54) is 0 Å². The van der Waals surface area contributed by atoms with E-state index in [0.717, 1.165) is 49.9 Å². The monoisotopic (exact) mass is 354 g/mol. The molecule has 26 heavy (non-hydrogen) atoms. The number of piperazine rings is 1. The van der Waals surface area contributed by atoms with Crippen molar-refractivity contribution >= 4 is 11.7 Å². The average molecular weight is 354 g/mol. The van der Waals surface area contributed by atoms with E-state index in [-0.39, 0.29) is 5.91 Å². The molecule has 1 aromatic carbocycles. The van der Waals surface area contributed by atoms with Crippen LogP contribution in [-0.4, -0.2) is 55.6 Å². The standard InChI is InChI=1S/C20H26N4O2/c1-26-18-7-5-17(6-8-18)16-22-20(25)9-11-23-12-14-24(15-13-23)19-4-2-3-10-21-19/h2-8,10H,9,11-16H2,1H3,(H,22,25). The van der Waals surface area contributed by atoms with Crippen LogP contribution in [0.1, 0.15) is 12.0 Å². The smallest absolute Gasteiger partial charge is 0.221 e. The topological polar surface area (TPSA) is 57.7 Å². The number of ether oxygens (including phenoxy) is 1. The third-order valence-electron chi connectivity index (χ3n) is 4.65. The van der Waals surface area contributed by atoms with Crippen LogP contribution < -0.4 is 15.0 Å². The molecular weight excluding hydrogens is 328 g/mol. The van der Waals surface area contributed by atoms with E-state index in [1.54, 1.807) is 7.11 Å². The van der Waals surface area contributed by atoms with Crippen molar-refractivity contribution in [3.05, 3.63) is 54.2 Å². The van der Waals surface area contributed by atoms with Crippen molar-refractivity contribution in [3.63, 3.8) is 0 Å². The molecule has 0 atom stereocenters. The lowest BCUT2D eigenvalue weighted by molar-refractivity contribution is -0.121. The Morgan fingerprint density at radius 2 is 1.88 bits per heavy atom. The summed E-state index contributed by atoms with van der Waals surface area (Å²) < 4.78 is 5.14. The first-order chi connectivity index (χ1) is 12.7.